The molecule has 0 bridgehead atoms. The zero-order valence-electron chi connectivity index (χ0n) is 14.6. The molecule has 2 aromatic rings. The Balaban J connectivity index is 2.07. The molecule has 0 aromatic heterocycles. The molecule has 0 amide bonds. The van der Waals surface area contributed by atoms with Crippen molar-refractivity contribution in [1.29, 1.82) is 0 Å². The van der Waals surface area contributed by atoms with Crippen molar-refractivity contribution in [1.82, 2.24) is 5.32 Å². The molecule has 0 radical (unpaired) electrons. The quantitative estimate of drug-likeness (QED) is 0.365. The van der Waals surface area contributed by atoms with E-state index in [1.165, 1.54) is 12.3 Å². The van der Waals surface area contributed by atoms with E-state index >= 15 is 0 Å². The third kappa shape index (κ3) is 3.57. The van der Waals surface area contributed by atoms with E-state index in [1.54, 1.807) is 55.5 Å². The van der Waals surface area contributed by atoms with Gasteiger partial charge in [0.05, 0.1) is 17.4 Å². The maximum absolute atomic E-state index is 13.0. The van der Waals surface area contributed by atoms with E-state index in [9.17, 15) is 19.7 Å². The highest BCUT2D eigenvalue weighted by molar-refractivity contribution is 6.11. The van der Waals surface area contributed by atoms with Crippen LogP contribution in [0.1, 0.15) is 28.8 Å². The summed E-state index contributed by atoms with van der Waals surface area (Å²) in [6, 6.07) is 13.8. The summed E-state index contributed by atoms with van der Waals surface area (Å²) in [6.07, 6.45) is 1.46. The molecule has 2 atom stereocenters. The average Bonchev–Trinajstić information content (AvgIpc) is 3.13. The lowest BCUT2D eigenvalue weighted by Gasteiger charge is -2.21. The Labute approximate surface area is 155 Å². The summed E-state index contributed by atoms with van der Waals surface area (Å²) < 4.78 is 5.10. The molecule has 1 N–H and O–H groups in total. The number of hydrogen-bond acceptors (Lipinski definition) is 6. The Morgan fingerprint density at radius 2 is 1.78 bits per heavy atom. The van der Waals surface area contributed by atoms with E-state index in [1.807, 2.05) is 0 Å². The van der Waals surface area contributed by atoms with Crippen LogP contribution in [-0.2, 0) is 9.53 Å². The number of ether oxygens (including phenoxy) is 1. The van der Waals surface area contributed by atoms with E-state index in [2.05, 4.69) is 5.32 Å². The average molecular weight is 366 g/mol. The Kier molecular flexibility index (Phi) is 5.30. The molecule has 138 valence electrons. The standard InChI is InChI=1S/C20H18N2O5/c1-2-27-20(24)18-17(14-10-6-7-11-16(14)22(25)26)15(12-21-18)19(23)13-8-4-3-5-9-13/h3-12,17-18,21H,2H2,1H3. The molecule has 0 fully saturated rings. The molecule has 7 heteroatoms. The summed E-state index contributed by atoms with van der Waals surface area (Å²) >= 11 is 0. The molecule has 3 rings (SSSR count). The molecule has 1 heterocycles. The molecule has 7 nitrogen and oxygen atoms in total. The van der Waals surface area contributed by atoms with Crippen molar-refractivity contribution in [3.8, 4) is 0 Å². The van der Waals surface area contributed by atoms with Crippen LogP contribution in [0.2, 0.25) is 0 Å². The van der Waals surface area contributed by atoms with Crippen molar-refractivity contribution in [2.45, 2.75) is 18.9 Å². The fourth-order valence-corrected chi connectivity index (χ4v) is 3.21. The smallest absolute Gasteiger partial charge is 0.329 e. The highest BCUT2D eigenvalue weighted by Crippen LogP contribution is 2.38. The number of hydrogen-bond donors (Lipinski definition) is 1. The molecule has 0 saturated heterocycles. The number of carbonyl (C=O) groups excluding carboxylic acids is 2. The fourth-order valence-electron chi connectivity index (χ4n) is 3.21. The van der Waals surface area contributed by atoms with Gasteiger partial charge in [0.25, 0.3) is 5.69 Å². The van der Waals surface area contributed by atoms with Gasteiger partial charge >= 0.3 is 5.97 Å². The predicted octanol–water partition coefficient (Wildman–Crippen LogP) is 2.98. The number of carbonyl (C=O) groups is 2. The second kappa shape index (κ2) is 7.82. The van der Waals surface area contributed by atoms with Crippen LogP contribution in [0.3, 0.4) is 0 Å². The van der Waals surface area contributed by atoms with E-state index in [4.69, 9.17) is 4.74 Å². The zero-order valence-corrected chi connectivity index (χ0v) is 14.6. The summed E-state index contributed by atoms with van der Waals surface area (Å²) in [6.45, 7) is 1.85. The number of rotatable bonds is 6. The van der Waals surface area contributed by atoms with Gasteiger partial charge in [-0.2, -0.15) is 0 Å². The fraction of sp³-hybridized carbons (Fsp3) is 0.200. The monoisotopic (exact) mass is 366 g/mol. The summed E-state index contributed by atoms with van der Waals surface area (Å²) in [7, 11) is 0. The second-order valence-electron chi connectivity index (χ2n) is 5.98. The molecule has 0 saturated carbocycles. The van der Waals surface area contributed by atoms with Crippen molar-refractivity contribution >= 4 is 17.4 Å². The van der Waals surface area contributed by atoms with Gasteiger partial charge in [-0.15, -0.1) is 0 Å². The van der Waals surface area contributed by atoms with E-state index in [0.717, 1.165) is 0 Å². The number of nitrogens with one attached hydrogen (secondary N) is 1. The second-order valence-corrected chi connectivity index (χ2v) is 5.98. The number of Topliss-reactive ketones (excluding diaryl/α,β-unsaturated/α-hetero) is 1. The largest absolute Gasteiger partial charge is 0.464 e. The van der Waals surface area contributed by atoms with Crippen LogP contribution in [0, 0.1) is 10.1 Å². The summed E-state index contributed by atoms with van der Waals surface area (Å²) in [4.78, 5) is 36.4. The molecular formula is C20H18N2O5. The van der Waals surface area contributed by atoms with Crippen molar-refractivity contribution in [2.24, 2.45) is 0 Å². The van der Waals surface area contributed by atoms with E-state index in [0.29, 0.717) is 11.1 Å². The minimum atomic E-state index is -0.909. The van der Waals surface area contributed by atoms with Crippen molar-refractivity contribution in [3.63, 3.8) is 0 Å². The first-order valence-electron chi connectivity index (χ1n) is 8.50. The Morgan fingerprint density at radius 3 is 2.44 bits per heavy atom. The number of benzene rings is 2. The zero-order chi connectivity index (χ0) is 19.4. The van der Waals surface area contributed by atoms with Gasteiger partial charge in [0.15, 0.2) is 5.78 Å². The molecule has 0 aliphatic carbocycles. The predicted molar refractivity (Wildman–Crippen MR) is 98.2 cm³/mol. The first-order chi connectivity index (χ1) is 13.0. The maximum Gasteiger partial charge on any atom is 0.329 e. The number of nitro groups is 1. The molecule has 0 spiro atoms. The van der Waals surface area contributed by atoms with Crippen molar-refractivity contribution in [2.75, 3.05) is 6.61 Å². The van der Waals surface area contributed by atoms with Crippen LogP contribution in [0.5, 0.6) is 0 Å². The van der Waals surface area contributed by atoms with Crippen LogP contribution in [0.4, 0.5) is 5.69 Å². The van der Waals surface area contributed by atoms with Gasteiger partial charge in [0.1, 0.15) is 6.04 Å². The topological polar surface area (TPSA) is 98.5 Å². The Hall–Kier alpha value is -3.48. The van der Waals surface area contributed by atoms with Gasteiger partial charge in [-0.3, -0.25) is 14.9 Å². The highest BCUT2D eigenvalue weighted by Gasteiger charge is 2.42. The lowest BCUT2D eigenvalue weighted by atomic mass is 9.83. The van der Waals surface area contributed by atoms with Crippen LogP contribution in [0.25, 0.3) is 0 Å². The van der Waals surface area contributed by atoms with Gasteiger partial charge in [-0.25, -0.2) is 4.79 Å². The number of para-hydroxylation sites is 1. The van der Waals surface area contributed by atoms with Crippen LogP contribution >= 0.6 is 0 Å². The Morgan fingerprint density at radius 1 is 1.11 bits per heavy atom. The van der Waals surface area contributed by atoms with E-state index in [-0.39, 0.29) is 23.7 Å². The summed E-state index contributed by atoms with van der Waals surface area (Å²) in [5, 5.41) is 14.4. The van der Waals surface area contributed by atoms with Crippen molar-refractivity contribution in [3.05, 3.63) is 87.6 Å². The molecule has 2 unspecified atom stereocenters. The first-order valence-corrected chi connectivity index (χ1v) is 8.50. The minimum Gasteiger partial charge on any atom is -0.464 e. The third-order valence-electron chi connectivity index (χ3n) is 4.39. The maximum atomic E-state index is 13.0. The highest BCUT2D eigenvalue weighted by atomic mass is 16.6. The van der Waals surface area contributed by atoms with Crippen LogP contribution < -0.4 is 5.32 Å². The molecule has 2 aromatic carbocycles. The number of nitrogens with zero attached hydrogens (tertiary/aromatic N) is 1. The number of nitro benzene ring substituents is 1. The first kappa shape index (κ1) is 18.3. The minimum absolute atomic E-state index is 0.146. The lowest BCUT2D eigenvalue weighted by molar-refractivity contribution is -0.385. The van der Waals surface area contributed by atoms with Gasteiger partial charge in [0, 0.05) is 29.0 Å². The van der Waals surface area contributed by atoms with Gasteiger partial charge in [0.2, 0.25) is 0 Å². The van der Waals surface area contributed by atoms with Crippen LogP contribution in [0.15, 0.2) is 66.4 Å². The normalized spacial score (nSPS) is 18.3. The Bertz CT molecular complexity index is 908. The SMILES string of the molecule is CCOC(=O)C1NC=C(C(=O)c2ccccc2)C1c1ccccc1[N+](=O)[O-]. The van der Waals surface area contributed by atoms with Gasteiger partial charge < -0.3 is 10.1 Å². The van der Waals surface area contributed by atoms with Gasteiger partial charge in [-0.1, -0.05) is 48.5 Å². The van der Waals surface area contributed by atoms with Gasteiger partial charge in [-0.05, 0) is 6.92 Å². The number of esters is 1. The summed E-state index contributed by atoms with van der Waals surface area (Å²) in [5.74, 6) is -1.68. The summed E-state index contributed by atoms with van der Waals surface area (Å²) in [5.41, 5.74) is 0.876. The molecule has 1 aliphatic rings. The number of ketones is 1. The molecule has 1 aliphatic heterocycles. The molecular weight excluding hydrogens is 348 g/mol. The van der Waals surface area contributed by atoms with Crippen molar-refractivity contribution < 1.29 is 19.2 Å². The van der Waals surface area contributed by atoms with E-state index < -0.39 is 22.9 Å². The molecule has 27 heavy (non-hydrogen) atoms. The third-order valence-corrected chi connectivity index (χ3v) is 4.39. The van der Waals surface area contributed by atoms with Crippen LogP contribution in [-0.4, -0.2) is 29.3 Å². The lowest BCUT2D eigenvalue weighted by Crippen LogP contribution is -2.37.